The van der Waals surface area contributed by atoms with Gasteiger partial charge < -0.3 is 14.8 Å². The first-order valence-electron chi connectivity index (χ1n) is 6.38. The maximum absolute atomic E-state index is 11.3. The van der Waals surface area contributed by atoms with Crippen LogP contribution >= 0.6 is 0 Å². The highest BCUT2D eigenvalue weighted by molar-refractivity contribution is 7.85. The molecule has 19 heavy (non-hydrogen) atoms. The number of nitrogens with zero attached hydrogens (tertiary/aromatic N) is 1. The molecule has 6 heteroatoms. The zero-order chi connectivity index (χ0) is 13.7. The lowest BCUT2D eigenvalue weighted by Gasteiger charge is -2.23. The van der Waals surface area contributed by atoms with Crippen molar-refractivity contribution in [1.29, 1.82) is 0 Å². The van der Waals surface area contributed by atoms with Gasteiger partial charge in [0.15, 0.2) is 11.5 Å². The van der Waals surface area contributed by atoms with Crippen LogP contribution in [-0.4, -0.2) is 41.0 Å². The molecule has 0 bridgehead atoms. The van der Waals surface area contributed by atoms with Crippen molar-refractivity contribution in [2.75, 3.05) is 25.7 Å². The molecule has 0 saturated carbocycles. The van der Waals surface area contributed by atoms with Crippen molar-refractivity contribution in [3.63, 3.8) is 0 Å². The van der Waals surface area contributed by atoms with Crippen molar-refractivity contribution in [2.45, 2.75) is 25.4 Å². The molecule has 1 aliphatic rings. The number of nitrogens with one attached hydrogen (secondary N) is 1. The molecule has 0 unspecified atom stereocenters. The lowest BCUT2D eigenvalue weighted by atomic mass is 10.1. The Morgan fingerprint density at radius 2 is 2.11 bits per heavy atom. The first-order valence-corrected chi connectivity index (χ1v) is 7.87. The van der Waals surface area contributed by atoms with Crippen LogP contribution in [0.25, 0.3) is 0 Å². The molecule has 0 radical (unpaired) electrons. The Bertz CT molecular complexity index is 444. The highest BCUT2D eigenvalue weighted by Crippen LogP contribution is 2.28. The molecule has 0 aromatic carbocycles. The van der Waals surface area contributed by atoms with Crippen molar-refractivity contribution >= 4 is 10.8 Å². The molecule has 106 valence electrons. The summed E-state index contributed by atoms with van der Waals surface area (Å²) in [5, 5.41) is 3.45. The van der Waals surface area contributed by atoms with Gasteiger partial charge >= 0.3 is 0 Å². The Hall–Kier alpha value is -1.14. The average molecular weight is 284 g/mol. The van der Waals surface area contributed by atoms with E-state index in [9.17, 15) is 4.21 Å². The lowest BCUT2D eigenvalue weighted by molar-refractivity contribution is 0.346. The molecule has 1 aromatic heterocycles. The van der Waals surface area contributed by atoms with Crippen molar-refractivity contribution in [3.05, 3.63) is 18.0 Å². The van der Waals surface area contributed by atoms with Crippen LogP contribution in [0.1, 0.15) is 18.5 Å². The summed E-state index contributed by atoms with van der Waals surface area (Å²) in [6.07, 6.45) is 3.63. The fraction of sp³-hybridized carbons (Fsp3) is 0.615. The molecule has 1 aromatic rings. The molecule has 0 spiro atoms. The second-order valence-electron chi connectivity index (χ2n) is 4.50. The van der Waals surface area contributed by atoms with Gasteiger partial charge in [-0.3, -0.25) is 9.19 Å². The Morgan fingerprint density at radius 1 is 1.37 bits per heavy atom. The predicted molar refractivity (Wildman–Crippen MR) is 75.1 cm³/mol. The number of aromatic nitrogens is 1. The van der Waals surface area contributed by atoms with Crippen LogP contribution in [0.5, 0.6) is 11.5 Å². The van der Waals surface area contributed by atoms with Gasteiger partial charge in [-0.2, -0.15) is 0 Å². The molecule has 2 heterocycles. The second kappa shape index (κ2) is 6.86. The number of rotatable bonds is 5. The monoisotopic (exact) mass is 284 g/mol. The highest BCUT2D eigenvalue weighted by Gasteiger charge is 2.18. The minimum atomic E-state index is -0.620. The van der Waals surface area contributed by atoms with Crippen LogP contribution in [0, 0.1) is 0 Å². The summed E-state index contributed by atoms with van der Waals surface area (Å²) in [5.41, 5.74) is 0.841. The average Bonchev–Trinajstić information content (AvgIpc) is 2.46. The summed E-state index contributed by atoms with van der Waals surface area (Å²) in [4.78, 5) is 4.33. The van der Waals surface area contributed by atoms with Gasteiger partial charge in [0.1, 0.15) is 0 Å². The van der Waals surface area contributed by atoms with Gasteiger partial charge in [0.2, 0.25) is 0 Å². The summed E-state index contributed by atoms with van der Waals surface area (Å²) in [6.45, 7) is 0.637. The minimum Gasteiger partial charge on any atom is -0.493 e. The normalized spacial score (nSPS) is 23.1. The minimum absolute atomic E-state index is 0.412. The Kier molecular flexibility index (Phi) is 5.15. The fourth-order valence-electron chi connectivity index (χ4n) is 2.22. The zero-order valence-corrected chi connectivity index (χ0v) is 12.2. The topological polar surface area (TPSA) is 60.5 Å². The first-order chi connectivity index (χ1) is 9.24. The van der Waals surface area contributed by atoms with E-state index >= 15 is 0 Å². The predicted octanol–water partition coefficient (Wildman–Crippen LogP) is 1.10. The summed E-state index contributed by atoms with van der Waals surface area (Å²) in [5.74, 6) is 2.96. The molecular weight excluding hydrogens is 264 g/mol. The Morgan fingerprint density at radius 3 is 2.74 bits per heavy atom. The fourth-order valence-corrected chi connectivity index (χ4v) is 3.51. The molecule has 0 atom stereocenters. The molecule has 1 aliphatic heterocycles. The number of ether oxygens (including phenoxy) is 2. The second-order valence-corrected chi connectivity index (χ2v) is 6.19. The van der Waals surface area contributed by atoms with Crippen molar-refractivity contribution < 1.29 is 13.7 Å². The summed E-state index contributed by atoms with van der Waals surface area (Å²) < 4.78 is 21.9. The van der Waals surface area contributed by atoms with Crippen LogP contribution < -0.4 is 14.8 Å². The smallest absolute Gasteiger partial charge is 0.183 e. The van der Waals surface area contributed by atoms with E-state index in [4.69, 9.17) is 9.47 Å². The van der Waals surface area contributed by atoms with Gasteiger partial charge in [-0.1, -0.05) is 0 Å². The third kappa shape index (κ3) is 3.67. The summed E-state index contributed by atoms with van der Waals surface area (Å²) in [6, 6.07) is 2.20. The van der Waals surface area contributed by atoms with Gasteiger partial charge in [-0.15, -0.1) is 0 Å². The van der Waals surface area contributed by atoms with Crippen molar-refractivity contribution in [2.24, 2.45) is 0 Å². The third-order valence-electron chi connectivity index (χ3n) is 3.31. The van der Waals surface area contributed by atoms with Crippen LogP contribution in [0.15, 0.2) is 12.3 Å². The van der Waals surface area contributed by atoms with E-state index in [1.807, 2.05) is 0 Å². The zero-order valence-electron chi connectivity index (χ0n) is 11.3. The largest absolute Gasteiger partial charge is 0.493 e. The van der Waals surface area contributed by atoms with Gasteiger partial charge in [0, 0.05) is 47.2 Å². The molecule has 0 aliphatic carbocycles. The Balaban J connectivity index is 1.97. The number of hydrogen-bond acceptors (Lipinski definition) is 5. The standard InChI is InChI=1S/C13H20N2O3S/c1-17-12-3-6-14-11(13(12)18-2)9-15-10-4-7-19(16)8-5-10/h3,6,10,15H,4-5,7-9H2,1-2H3. The van der Waals surface area contributed by atoms with E-state index in [1.165, 1.54) is 0 Å². The third-order valence-corrected chi connectivity index (χ3v) is 4.69. The van der Waals surface area contributed by atoms with Gasteiger partial charge in [-0.05, 0) is 12.8 Å². The number of hydrogen-bond donors (Lipinski definition) is 1. The van der Waals surface area contributed by atoms with E-state index in [-0.39, 0.29) is 0 Å². The van der Waals surface area contributed by atoms with E-state index in [0.717, 1.165) is 30.0 Å². The van der Waals surface area contributed by atoms with Crippen LogP contribution in [0.2, 0.25) is 0 Å². The molecule has 1 N–H and O–H groups in total. The van der Waals surface area contributed by atoms with E-state index in [2.05, 4.69) is 10.3 Å². The van der Waals surface area contributed by atoms with E-state index < -0.39 is 10.8 Å². The summed E-state index contributed by atoms with van der Waals surface area (Å²) in [7, 11) is 2.61. The lowest BCUT2D eigenvalue weighted by Crippen LogP contribution is -2.35. The maximum Gasteiger partial charge on any atom is 0.183 e. The number of methoxy groups -OCH3 is 2. The molecule has 1 fully saturated rings. The van der Waals surface area contributed by atoms with E-state index in [1.54, 1.807) is 26.5 Å². The SMILES string of the molecule is COc1ccnc(CNC2CCS(=O)CC2)c1OC. The van der Waals surface area contributed by atoms with Crippen molar-refractivity contribution in [3.8, 4) is 11.5 Å². The van der Waals surface area contributed by atoms with Crippen LogP contribution in [-0.2, 0) is 17.3 Å². The molecule has 2 rings (SSSR count). The molecular formula is C13H20N2O3S. The number of pyridine rings is 1. The van der Waals surface area contributed by atoms with Crippen molar-refractivity contribution in [1.82, 2.24) is 10.3 Å². The highest BCUT2D eigenvalue weighted by atomic mass is 32.2. The first kappa shape index (κ1) is 14.3. The Labute approximate surface area is 116 Å². The van der Waals surface area contributed by atoms with E-state index in [0.29, 0.717) is 24.1 Å². The molecule has 1 saturated heterocycles. The summed E-state index contributed by atoms with van der Waals surface area (Å²) >= 11 is 0. The van der Waals surface area contributed by atoms with Gasteiger partial charge in [0.25, 0.3) is 0 Å². The van der Waals surface area contributed by atoms with Crippen LogP contribution in [0.4, 0.5) is 0 Å². The van der Waals surface area contributed by atoms with Gasteiger partial charge in [0.05, 0.1) is 19.9 Å². The van der Waals surface area contributed by atoms with Crippen LogP contribution in [0.3, 0.4) is 0 Å². The maximum atomic E-state index is 11.3. The quantitative estimate of drug-likeness (QED) is 0.877. The van der Waals surface area contributed by atoms with Gasteiger partial charge in [-0.25, -0.2) is 0 Å². The molecule has 5 nitrogen and oxygen atoms in total. The molecule has 0 amide bonds.